The number of nitrogens with zero attached hydrogens (tertiary/aromatic N) is 2. The Labute approximate surface area is 103 Å². The van der Waals surface area contributed by atoms with E-state index in [1.165, 1.54) is 32.1 Å². The molecule has 1 saturated carbocycles. The van der Waals surface area contributed by atoms with Crippen LogP contribution in [0.2, 0.25) is 0 Å². The molecule has 2 rings (SSSR count). The summed E-state index contributed by atoms with van der Waals surface area (Å²) in [6.07, 6.45) is 8.26. The number of nitrogens with one attached hydrogen (secondary N) is 2. The highest BCUT2D eigenvalue weighted by molar-refractivity contribution is 5.41. The lowest BCUT2D eigenvalue weighted by Crippen LogP contribution is -2.37. The van der Waals surface area contributed by atoms with Crippen LogP contribution < -0.4 is 10.6 Å². The molecule has 1 aromatic rings. The van der Waals surface area contributed by atoms with Crippen molar-refractivity contribution in [3.8, 4) is 0 Å². The molecule has 4 nitrogen and oxygen atoms in total. The monoisotopic (exact) mass is 234 g/mol. The van der Waals surface area contributed by atoms with Gasteiger partial charge in [-0.3, -0.25) is 0 Å². The van der Waals surface area contributed by atoms with Gasteiger partial charge >= 0.3 is 0 Å². The van der Waals surface area contributed by atoms with Crippen LogP contribution in [0.4, 0.5) is 11.8 Å². The van der Waals surface area contributed by atoms with Crippen LogP contribution in [-0.2, 0) is 0 Å². The molecule has 1 heterocycles. The van der Waals surface area contributed by atoms with Gasteiger partial charge in [-0.05, 0) is 32.8 Å². The predicted octanol–water partition coefficient (Wildman–Crippen LogP) is 3.04. The molecule has 1 aliphatic carbocycles. The van der Waals surface area contributed by atoms with Crippen molar-refractivity contribution in [2.24, 2.45) is 0 Å². The second-order valence-corrected chi connectivity index (χ2v) is 5.04. The first-order valence-corrected chi connectivity index (χ1v) is 6.57. The fourth-order valence-corrected chi connectivity index (χ4v) is 2.44. The highest BCUT2D eigenvalue weighted by Crippen LogP contribution is 2.30. The van der Waals surface area contributed by atoms with Crippen LogP contribution in [0.15, 0.2) is 12.3 Å². The van der Waals surface area contributed by atoms with Gasteiger partial charge < -0.3 is 10.6 Å². The summed E-state index contributed by atoms with van der Waals surface area (Å²) in [7, 11) is 0. The fraction of sp³-hybridized carbons (Fsp3) is 0.692. The van der Waals surface area contributed by atoms with Crippen LogP contribution in [-0.4, -0.2) is 22.1 Å². The highest BCUT2D eigenvalue weighted by Gasteiger charge is 2.26. The summed E-state index contributed by atoms with van der Waals surface area (Å²) in [5.41, 5.74) is 0.204. The SMILES string of the molecule is CCNc1nccc(NC2(C)CCCCC2)n1. The summed E-state index contributed by atoms with van der Waals surface area (Å²) >= 11 is 0. The van der Waals surface area contributed by atoms with Crippen LogP contribution in [0.25, 0.3) is 0 Å². The van der Waals surface area contributed by atoms with Crippen molar-refractivity contribution in [1.82, 2.24) is 9.97 Å². The minimum absolute atomic E-state index is 0.204. The third-order valence-electron chi connectivity index (χ3n) is 3.38. The summed E-state index contributed by atoms with van der Waals surface area (Å²) in [5, 5.41) is 6.70. The first-order chi connectivity index (χ1) is 8.22. The minimum Gasteiger partial charge on any atom is -0.365 e. The molecule has 1 aromatic heterocycles. The third kappa shape index (κ3) is 3.32. The Hall–Kier alpha value is -1.32. The molecule has 1 fully saturated rings. The normalized spacial score (nSPS) is 18.7. The Morgan fingerprint density at radius 1 is 1.29 bits per heavy atom. The zero-order valence-electron chi connectivity index (χ0n) is 10.8. The largest absolute Gasteiger partial charge is 0.365 e. The predicted molar refractivity (Wildman–Crippen MR) is 71.3 cm³/mol. The minimum atomic E-state index is 0.204. The Morgan fingerprint density at radius 3 is 2.76 bits per heavy atom. The van der Waals surface area contributed by atoms with E-state index in [2.05, 4.69) is 27.5 Å². The van der Waals surface area contributed by atoms with Gasteiger partial charge in [0.2, 0.25) is 5.95 Å². The first kappa shape index (κ1) is 12.1. The standard InChI is InChI=1S/C13H22N4/c1-3-14-12-15-10-7-11(16-12)17-13(2)8-5-4-6-9-13/h7,10H,3-6,8-9H2,1-2H3,(H2,14,15,16,17). The molecular weight excluding hydrogens is 212 g/mol. The maximum absolute atomic E-state index is 4.47. The maximum atomic E-state index is 4.47. The molecule has 0 bridgehead atoms. The van der Waals surface area contributed by atoms with Gasteiger partial charge in [0.15, 0.2) is 0 Å². The average molecular weight is 234 g/mol. The van der Waals surface area contributed by atoms with Crippen molar-refractivity contribution in [3.63, 3.8) is 0 Å². The highest BCUT2D eigenvalue weighted by atomic mass is 15.1. The molecule has 0 saturated heterocycles. The van der Waals surface area contributed by atoms with Crippen LogP contribution in [0.1, 0.15) is 46.0 Å². The Morgan fingerprint density at radius 2 is 2.06 bits per heavy atom. The van der Waals surface area contributed by atoms with Gasteiger partial charge in [-0.15, -0.1) is 0 Å². The van der Waals surface area contributed by atoms with Gasteiger partial charge in [-0.25, -0.2) is 4.98 Å². The van der Waals surface area contributed by atoms with Crippen molar-refractivity contribution in [3.05, 3.63) is 12.3 Å². The lowest BCUT2D eigenvalue weighted by molar-refractivity contribution is 0.348. The molecule has 2 N–H and O–H groups in total. The second-order valence-electron chi connectivity index (χ2n) is 5.04. The van der Waals surface area contributed by atoms with E-state index < -0.39 is 0 Å². The molecule has 0 atom stereocenters. The summed E-state index contributed by atoms with van der Waals surface area (Å²) in [6, 6.07) is 1.95. The van der Waals surface area contributed by atoms with E-state index in [4.69, 9.17) is 0 Å². The van der Waals surface area contributed by atoms with Gasteiger partial charge in [0, 0.05) is 18.3 Å². The molecule has 94 valence electrons. The Kier molecular flexibility index (Phi) is 3.82. The molecule has 4 heteroatoms. The Bertz CT molecular complexity index is 358. The average Bonchev–Trinajstić information content (AvgIpc) is 2.30. The smallest absolute Gasteiger partial charge is 0.224 e. The molecule has 0 radical (unpaired) electrons. The van der Waals surface area contributed by atoms with Gasteiger partial charge in [0.05, 0.1) is 0 Å². The van der Waals surface area contributed by atoms with Gasteiger partial charge in [-0.1, -0.05) is 19.3 Å². The van der Waals surface area contributed by atoms with E-state index in [1.54, 1.807) is 6.20 Å². The topological polar surface area (TPSA) is 49.8 Å². The van der Waals surface area contributed by atoms with Crippen molar-refractivity contribution in [1.29, 1.82) is 0 Å². The van der Waals surface area contributed by atoms with Crippen molar-refractivity contribution >= 4 is 11.8 Å². The van der Waals surface area contributed by atoms with E-state index in [9.17, 15) is 0 Å². The summed E-state index contributed by atoms with van der Waals surface area (Å²) in [4.78, 5) is 8.65. The zero-order chi connectivity index (χ0) is 12.1. The molecule has 0 unspecified atom stereocenters. The van der Waals surface area contributed by atoms with Crippen molar-refractivity contribution in [2.75, 3.05) is 17.2 Å². The molecule has 0 amide bonds. The van der Waals surface area contributed by atoms with Crippen molar-refractivity contribution in [2.45, 2.75) is 51.5 Å². The lowest BCUT2D eigenvalue weighted by atomic mass is 9.83. The molecule has 0 spiro atoms. The van der Waals surface area contributed by atoms with E-state index in [0.717, 1.165) is 12.4 Å². The first-order valence-electron chi connectivity index (χ1n) is 6.57. The maximum Gasteiger partial charge on any atom is 0.224 e. The quantitative estimate of drug-likeness (QED) is 0.840. The number of hydrogen-bond donors (Lipinski definition) is 2. The summed E-state index contributed by atoms with van der Waals surface area (Å²) < 4.78 is 0. The van der Waals surface area contributed by atoms with E-state index in [1.807, 2.05) is 13.0 Å². The van der Waals surface area contributed by atoms with E-state index >= 15 is 0 Å². The van der Waals surface area contributed by atoms with E-state index in [-0.39, 0.29) is 5.54 Å². The number of hydrogen-bond acceptors (Lipinski definition) is 4. The molecule has 0 aliphatic heterocycles. The molecule has 1 aliphatic rings. The number of aromatic nitrogens is 2. The third-order valence-corrected chi connectivity index (χ3v) is 3.38. The second kappa shape index (κ2) is 5.34. The number of rotatable bonds is 4. The van der Waals surface area contributed by atoms with Gasteiger partial charge in [0.25, 0.3) is 0 Å². The zero-order valence-corrected chi connectivity index (χ0v) is 10.8. The summed E-state index contributed by atoms with van der Waals surface area (Å²) in [6.45, 7) is 5.19. The lowest BCUT2D eigenvalue weighted by Gasteiger charge is -2.35. The number of anilines is 2. The molecular formula is C13H22N4. The van der Waals surface area contributed by atoms with Crippen LogP contribution in [0.3, 0.4) is 0 Å². The van der Waals surface area contributed by atoms with Crippen LogP contribution in [0, 0.1) is 0 Å². The fourth-order valence-electron chi connectivity index (χ4n) is 2.44. The van der Waals surface area contributed by atoms with Gasteiger partial charge in [-0.2, -0.15) is 4.98 Å². The van der Waals surface area contributed by atoms with Crippen molar-refractivity contribution < 1.29 is 0 Å². The van der Waals surface area contributed by atoms with Crippen LogP contribution >= 0.6 is 0 Å². The van der Waals surface area contributed by atoms with Gasteiger partial charge in [0.1, 0.15) is 5.82 Å². The summed E-state index contributed by atoms with van der Waals surface area (Å²) in [5.74, 6) is 1.64. The molecule has 17 heavy (non-hydrogen) atoms. The Balaban J connectivity index is 2.04. The molecule has 0 aromatic carbocycles. The van der Waals surface area contributed by atoms with Crippen LogP contribution in [0.5, 0.6) is 0 Å². The van der Waals surface area contributed by atoms with E-state index in [0.29, 0.717) is 5.95 Å².